The largest absolute Gasteiger partial charge is 0.508 e. The summed E-state index contributed by atoms with van der Waals surface area (Å²) in [4.78, 5) is 27.7. The molecule has 0 saturated carbocycles. The smallest absolute Gasteiger partial charge is 0.319 e. The van der Waals surface area contributed by atoms with Crippen LogP contribution in [-0.2, 0) is 11.2 Å². The predicted molar refractivity (Wildman–Crippen MR) is 164 cm³/mol. The number of pyridine rings is 1. The maximum atomic E-state index is 16.6. The van der Waals surface area contributed by atoms with Gasteiger partial charge in [-0.15, -0.1) is 0 Å². The van der Waals surface area contributed by atoms with Gasteiger partial charge in [0.1, 0.15) is 41.4 Å². The molecule has 45 heavy (non-hydrogen) atoms. The highest BCUT2D eigenvalue weighted by atomic mass is 19.1. The third-order valence-corrected chi connectivity index (χ3v) is 9.60. The van der Waals surface area contributed by atoms with Gasteiger partial charge in [-0.3, -0.25) is 14.7 Å². The van der Waals surface area contributed by atoms with Gasteiger partial charge in [0.25, 0.3) is 0 Å². The molecular formula is C33H35F3N6O3. The highest BCUT2D eigenvalue weighted by Gasteiger charge is 2.49. The van der Waals surface area contributed by atoms with Crippen molar-refractivity contribution in [3.8, 4) is 23.0 Å². The highest BCUT2D eigenvalue weighted by Crippen LogP contribution is 2.41. The number of phenols is 1. The molecule has 12 heteroatoms. The number of nitrogens with one attached hydrogen (secondary N) is 2. The maximum Gasteiger partial charge on any atom is 0.319 e. The SMILES string of the molecule is CCc1c(F)ccc2cc(O)cc(-c3ncc4c(NCCC5CCNC5=O)nc(OC[C@@]56CCCN5C[C@H](F)C6)nc4c3F)c12. The summed E-state index contributed by atoms with van der Waals surface area (Å²) in [6.07, 6.45) is 4.25. The van der Waals surface area contributed by atoms with Crippen molar-refractivity contribution in [2.45, 2.75) is 57.2 Å². The number of halogens is 3. The molecule has 0 radical (unpaired) electrons. The molecule has 9 nitrogen and oxygen atoms in total. The zero-order valence-corrected chi connectivity index (χ0v) is 25.0. The molecule has 0 aliphatic carbocycles. The summed E-state index contributed by atoms with van der Waals surface area (Å²) in [7, 11) is 0. The minimum atomic E-state index is -0.933. The van der Waals surface area contributed by atoms with Crippen LogP contribution in [0.25, 0.3) is 32.9 Å². The second-order valence-corrected chi connectivity index (χ2v) is 12.4. The quantitative estimate of drug-likeness (QED) is 0.232. The predicted octanol–water partition coefficient (Wildman–Crippen LogP) is 5.28. The van der Waals surface area contributed by atoms with Gasteiger partial charge in [-0.1, -0.05) is 13.0 Å². The van der Waals surface area contributed by atoms with Crippen molar-refractivity contribution >= 4 is 33.4 Å². The van der Waals surface area contributed by atoms with Crippen LogP contribution in [0.3, 0.4) is 0 Å². The second-order valence-electron chi connectivity index (χ2n) is 12.4. The molecule has 2 aromatic carbocycles. The molecular weight excluding hydrogens is 585 g/mol. The van der Waals surface area contributed by atoms with Gasteiger partial charge in [0.2, 0.25) is 5.91 Å². The van der Waals surface area contributed by atoms with Crippen molar-refractivity contribution in [1.29, 1.82) is 0 Å². The number of aryl methyl sites for hydroxylation is 1. The lowest BCUT2D eigenvalue weighted by Crippen LogP contribution is -2.43. The number of aromatic hydroxyl groups is 1. The highest BCUT2D eigenvalue weighted by molar-refractivity contribution is 6.01. The minimum Gasteiger partial charge on any atom is -0.508 e. The summed E-state index contributed by atoms with van der Waals surface area (Å²) in [5.41, 5.74) is 0.0108. The van der Waals surface area contributed by atoms with Gasteiger partial charge in [-0.05, 0) is 73.2 Å². The van der Waals surface area contributed by atoms with E-state index in [9.17, 15) is 18.7 Å². The van der Waals surface area contributed by atoms with Gasteiger partial charge in [0.15, 0.2) is 5.82 Å². The molecule has 0 bridgehead atoms. The van der Waals surface area contributed by atoms with Crippen LogP contribution < -0.4 is 15.4 Å². The molecule has 3 fully saturated rings. The topological polar surface area (TPSA) is 112 Å². The monoisotopic (exact) mass is 620 g/mol. The molecule has 3 N–H and O–H groups in total. The van der Waals surface area contributed by atoms with E-state index in [0.717, 1.165) is 25.8 Å². The number of carbonyl (C=O) groups is 1. The van der Waals surface area contributed by atoms with E-state index in [4.69, 9.17) is 4.74 Å². The van der Waals surface area contributed by atoms with Crippen molar-refractivity contribution in [1.82, 2.24) is 25.2 Å². The number of nitrogens with zero attached hydrogens (tertiary/aromatic N) is 4. The fourth-order valence-corrected chi connectivity index (χ4v) is 7.39. The summed E-state index contributed by atoms with van der Waals surface area (Å²) >= 11 is 0. The first-order chi connectivity index (χ1) is 21.8. The van der Waals surface area contributed by atoms with Crippen LogP contribution in [0.2, 0.25) is 0 Å². The average molecular weight is 621 g/mol. The van der Waals surface area contributed by atoms with Gasteiger partial charge in [0.05, 0.1) is 10.9 Å². The van der Waals surface area contributed by atoms with Gasteiger partial charge >= 0.3 is 6.01 Å². The van der Waals surface area contributed by atoms with E-state index in [1.54, 1.807) is 6.07 Å². The number of amides is 1. The summed E-state index contributed by atoms with van der Waals surface area (Å²) < 4.78 is 52.0. The number of alkyl halides is 1. The van der Waals surface area contributed by atoms with Crippen molar-refractivity contribution in [2.75, 3.05) is 38.1 Å². The molecule has 1 amide bonds. The van der Waals surface area contributed by atoms with E-state index >= 15 is 4.39 Å². The van der Waals surface area contributed by atoms with Crippen molar-refractivity contribution < 1.29 is 27.8 Å². The lowest BCUT2D eigenvalue weighted by molar-refractivity contribution is -0.122. The number of rotatable bonds is 9. The van der Waals surface area contributed by atoms with Crippen LogP contribution >= 0.6 is 0 Å². The van der Waals surface area contributed by atoms with Crippen LogP contribution in [-0.4, -0.2) is 75.4 Å². The van der Waals surface area contributed by atoms with E-state index in [1.165, 1.54) is 24.4 Å². The Morgan fingerprint density at radius 1 is 1.24 bits per heavy atom. The zero-order chi connectivity index (χ0) is 31.3. The maximum absolute atomic E-state index is 16.6. The van der Waals surface area contributed by atoms with E-state index in [1.807, 2.05) is 6.92 Å². The molecule has 3 atom stereocenters. The van der Waals surface area contributed by atoms with E-state index in [-0.39, 0.29) is 47.0 Å². The molecule has 236 valence electrons. The molecule has 5 heterocycles. The van der Waals surface area contributed by atoms with Crippen LogP contribution in [0.1, 0.15) is 44.6 Å². The molecule has 3 saturated heterocycles. The molecule has 1 unspecified atom stereocenters. The number of fused-ring (bicyclic) bond motifs is 3. The lowest BCUT2D eigenvalue weighted by Gasteiger charge is -2.30. The van der Waals surface area contributed by atoms with Gasteiger partial charge in [-0.25, -0.2) is 13.2 Å². The number of carbonyl (C=O) groups excluding carboxylic acids is 1. The van der Waals surface area contributed by atoms with Crippen LogP contribution in [0, 0.1) is 17.6 Å². The van der Waals surface area contributed by atoms with E-state index in [0.29, 0.717) is 66.4 Å². The molecule has 7 rings (SSSR count). The number of aromatic nitrogens is 3. The second kappa shape index (κ2) is 11.6. The number of hydrogen-bond donors (Lipinski definition) is 3. The lowest BCUT2D eigenvalue weighted by atomic mass is 9.94. The third kappa shape index (κ3) is 5.28. The van der Waals surface area contributed by atoms with Crippen LogP contribution in [0.5, 0.6) is 11.8 Å². The van der Waals surface area contributed by atoms with Crippen LogP contribution in [0.15, 0.2) is 30.5 Å². The molecule has 3 aliphatic rings. The summed E-state index contributed by atoms with van der Waals surface area (Å²) in [6.45, 7) is 4.17. The summed E-state index contributed by atoms with van der Waals surface area (Å²) in [6, 6.07) is 5.70. The first-order valence-electron chi connectivity index (χ1n) is 15.6. The van der Waals surface area contributed by atoms with Crippen LogP contribution in [0.4, 0.5) is 19.0 Å². The zero-order valence-electron chi connectivity index (χ0n) is 25.0. The van der Waals surface area contributed by atoms with Crippen molar-refractivity contribution in [2.24, 2.45) is 5.92 Å². The van der Waals surface area contributed by atoms with Gasteiger partial charge in [0, 0.05) is 43.7 Å². The Kier molecular flexibility index (Phi) is 7.63. The Bertz CT molecular complexity index is 1810. The fraction of sp³-hybridized carbons (Fsp3) is 0.455. The van der Waals surface area contributed by atoms with Gasteiger partial charge < -0.3 is 20.5 Å². The average Bonchev–Trinajstić information content (AvgIpc) is 3.69. The fourth-order valence-electron chi connectivity index (χ4n) is 7.39. The first kappa shape index (κ1) is 29.5. The summed E-state index contributed by atoms with van der Waals surface area (Å²) in [5.74, 6) is -1.14. The number of hydrogen-bond acceptors (Lipinski definition) is 8. The summed E-state index contributed by atoms with van der Waals surface area (Å²) in [5, 5.41) is 17.9. The molecule has 4 aromatic rings. The Labute approximate surface area is 258 Å². The van der Waals surface area contributed by atoms with Crippen molar-refractivity contribution in [3.63, 3.8) is 0 Å². The number of benzene rings is 2. The Balaban J connectivity index is 1.30. The minimum absolute atomic E-state index is 0.00931. The Morgan fingerprint density at radius 2 is 2.11 bits per heavy atom. The molecule has 3 aliphatic heterocycles. The number of phenolic OH excluding ortho intramolecular Hbond substituents is 1. The first-order valence-corrected chi connectivity index (χ1v) is 15.6. The normalized spacial score (nSPS) is 23.2. The Hall–Kier alpha value is -4.19. The molecule has 0 spiro atoms. The number of ether oxygens (including phenoxy) is 1. The molecule has 2 aromatic heterocycles. The number of anilines is 1. The van der Waals surface area contributed by atoms with E-state index in [2.05, 4.69) is 30.5 Å². The standard InChI is InChI=1S/C33H35F3N6O3/c1-2-22-25(35)5-4-19-12-21(43)13-23(26(19)22)28-27(36)29-24(15-39-28)30(37-9-6-18-7-10-38-31(18)44)41-32(40-29)45-17-33-8-3-11-42(33)16-20(34)14-33/h4-5,12-13,15,18,20,43H,2-3,6-11,14,16-17H2,1H3,(H,38,44)(H,37,40,41)/t18?,20-,33+/m1/s1. The Morgan fingerprint density at radius 3 is 2.91 bits per heavy atom. The van der Waals surface area contributed by atoms with E-state index < -0.39 is 23.3 Å². The van der Waals surface area contributed by atoms with Crippen molar-refractivity contribution in [3.05, 3.63) is 47.7 Å². The van der Waals surface area contributed by atoms with Gasteiger partial charge in [-0.2, -0.15) is 9.97 Å². The third-order valence-electron chi connectivity index (χ3n) is 9.60.